The van der Waals surface area contributed by atoms with Crippen LogP contribution >= 0.6 is 0 Å². The van der Waals surface area contributed by atoms with Crippen molar-refractivity contribution < 1.29 is 9.84 Å². The van der Waals surface area contributed by atoms with Crippen molar-refractivity contribution in [3.05, 3.63) is 23.8 Å². The Kier molecular flexibility index (Phi) is 2.57. The van der Waals surface area contributed by atoms with Crippen LogP contribution in [0, 0.1) is 0 Å². The van der Waals surface area contributed by atoms with Gasteiger partial charge in [0.05, 0.1) is 5.60 Å². The quantitative estimate of drug-likeness (QED) is 0.794. The smallest absolute Gasteiger partial charge is 0.121 e. The molecule has 1 aromatic carbocycles. The first-order valence-electron chi connectivity index (χ1n) is 5.27. The Labute approximate surface area is 90.1 Å². The van der Waals surface area contributed by atoms with E-state index in [2.05, 4.69) is 11.4 Å². The molecule has 0 bridgehead atoms. The third-order valence-electron chi connectivity index (χ3n) is 2.38. The van der Waals surface area contributed by atoms with Crippen LogP contribution in [0.1, 0.15) is 19.4 Å². The van der Waals surface area contributed by atoms with Crippen LogP contribution in [0.4, 0.5) is 5.69 Å². The highest BCUT2D eigenvalue weighted by Gasteiger charge is 2.15. The monoisotopic (exact) mass is 207 g/mol. The lowest BCUT2D eigenvalue weighted by atomic mass is 10.1. The molecular weight excluding hydrogens is 190 g/mol. The molecule has 1 aliphatic heterocycles. The summed E-state index contributed by atoms with van der Waals surface area (Å²) in [6, 6.07) is 6.03. The van der Waals surface area contributed by atoms with Gasteiger partial charge in [-0.05, 0) is 31.9 Å². The van der Waals surface area contributed by atoms with Gasteiger partial charge >= 0.3 is 0 Å². The van der Waals surface area contributed by atoms with E-state index >= 15 is 0 Å². The molecule has 1 aliphatic rings. The molecule has 0 unspecified atom stereocenters. The summed E-state index contributed by atoms with van der Waals surface area (Å²) in [4.78, 5) is 0. The van der Waals surface area contributed by atoms with Gasteiger partial charge in [-0.2, -0.15) is 0 Å². The van der Waals surface area contributed by atoms with Crippen molar-refractivity contribution in [3.63, 3.8) is 0 Å². The molecule has 3 heteroatoms. The largest absolute Gasteiger partial charge is 0.491 e. The van der Waals surface area contributed by atoms with Crippen molar-refractivity contribution in [1.29, 1.82) is 0 Å². The van der Waals surface area contributed by atoms with Crippen LogP contribution in [0.25, 0.3) is 0 Å². The van der Waals surface area contributed by atoms with Crippen molar-refractivity contribution in [1.82, 2.24) is 0 Å². The second-order valence-corrected chi connectivity index (χ2v) is 4.60. The summed E-state index contributed by atoms with van der Waals surface area (Å²) in [5.74, 6) is 0.810. The summed E-state index contributed by atoms with van der Waals surface area (Å²) in [7, 11) is 0. The fraction of sp³-hybridized carbons (Fsp3) is 0.500. The maximum Gasteiger partial charge on any atom is 0.121 e. The van der Waals surface area contributed by atoms with Crippen molar-refractivity contribution in [2.24, 2.45) is 0 Å². The summed E-state index contributed by atoms with van der Waals surface area (Å²) < 4.78 is 5.51. The molecule has 0 fully saturated rings. The molecule has 0 amide bonds. The fourth-order valence-electron chi connectivity index (χ4n) is 1.62. The van der Waals surface area contributed by atoms with Gasteiger partial charge in [-0.15, -0.1) is 0 Å². The van der Waals surface area contributed by atoms with E-state index in [0.717, 1.165) is 24.4 Å². The number of anilines is 1. The second kappa shape index (κ2) is 3.74. The van der Waals surface area contributed by atoms with Gasteiger partial charge in [-0.1, -0.05) is 6.07 Å². The van der Waals surface area contributed by atoms with Crippen molar-refractivity contribution >= 4 is 5.69 Å². The van der Waals surface area contributed by atoms with Gasteiger partial charge in [-0.3, -0.25) is 0 Å². The van der Waals surface area contributed by atoms with Gasteiger partial charge in [0.25, 0.3) is 0 Å². The Morgan fingerprint density at radius 1 is 1.47 bits per heavy atom. The zero-order valence-corrected chi connectivity index (χ0v) is 9.21. The summed E-state index contributed by atoms with van der Waals surface area (Å²) >= 11 is 0. The van der Waals surface area contributed by atoms with Gasteiger partial charge < -0.3 is 15.2 Å². The average Bonchev–Trinajstić information content (AvgIpc) is 2.60. The third kappa shape index (κ3) is 2.63. The minimum Gasteiger partial charge on any atom is -0.491 e. The molecule has 1 heterocycles. The first-order chi connectivity index (χ1) is 7.04. The summed E-state index contributed by atoms with van der Waals surface area (Å²) in [6.07, 6.45) is 1.08. The lowest BCUT2D eigenvalue weighted by Crippen LogP contribution is -2.27. The standard InChI is InChI=1S/C12H17NO2/c1-12(2,14)8-15-10-4-3-9-5-6-13-11(9)7-10/h3-4,7,13-14H,5-6,8H2,1-2H3. The van der Waals surface area contributed by atoms with Crippen LogP contribution in [0.15, 0.2) is 18.2 Å². The van der Waals surface area contributed by atoms with Crippen molar-refractivity contribution in [3.8, 4) is 5.75 Å². The molecule has 15 heavy (non-hydrogen) atoms. The summed E-state index contributed by atoms with van der Waals surface area (Å²) in [5.41, 5.74) is 1.71. The SMILES string of the molecule is CC(C)(O)COc1ccc2c(c1)NCC2. The van der Waals surface area contributed by atoms with E-state index in [1.165, 1.54) is 5.56 Å². The number of rotatable bonds is 3. The van der Waals surface area contributed by atoms with Gasteiger partial charge in [0, 0.05) is 18.3 Å². The number of hydrogen-bond acceptors (Lipinski definition) is 3. The molecule has 2 N–H and O–H groups in total. The molecule has 82 valence electrons. The number of hydrogen-bond donors (Lipinski definition) is 2. The highest BCUT2D eigenvalue weighted by molar-refractivity contribution is 5.58. The average molecular weight is 207 g/mol. The summed E-state index contributed by atoms with van der Waals surface area (Å²) in [6.45, 7) is 4.79. The first kappa shape index (κ1) is 10.3. The molecule has 0 saturated heterocycles. The van der Waals surface area contributed by atoms with E-state index in [9.17, 15) is 5.11 Å². The van der Waals surface area contributed by atoms with Crippen LogP contribution in [-0.2, 0) is 6.42 Å². The Morgan fingerprint density at radius 2 is 2.27 bits per heavy atom. The third-order valence-corrected chi connectivity index (χ3v) is 2.38. The molecule has 2 rings (SSSR count). The molecule has 1 aromatic rings. The van der Waals surface area contributed by atoms with Gasteiger partial charge in [-0.25, -0.2) is 0 Å². The number of fused-ring (bicyclic) bond motifs is 1. The van der Waals surface area contributed by atoms with E-state index in [1.54, 1.807) is 13.8 Å². The van der Waals surface area contributed by atoms with Gasteiger partial charge in [0.15, 0.2) is 0 Å². The van der Waals surface area contributed by atoms with E-state index in [4.69, 9.17) is 4.74 Å². The molecule has 0 aromatic heterocycles. The van der Waals surface area contributed by atoms with Crippen LogP contribution in [0.5, 0.6) is 5.75 Å². The zero-order chi connectivity index (χ0) is 10.9. The predicted octanol–water partition coefficient (Wildman–Crippen LogP) is 1.80. The number of ether oxygens (including phenoxy) is 1. The van der Waals surface area contributed by atoms with Crippen LogP contribution in [0.2, 0.25) is 0 Å². The molecule has 0 radical (unpaired) electrons. The number of benzene rings is 1. The molecule has 0 saturated carbocycles. The van der Waals surface area contributed by atoms with Gasteiger partial charge in [0.1, 0.15) is 12.4 Å². The van der Waals surface area contributed by atoms with E-state index < -0.39 is 5.60 Å². The van der Waals surface area contributed by atoms with Crippen molar-refractivity contribution in [2.45, 2.75) is 25.9 Å². The van der Waals surface area contributed by atoms with Gasteiger partial charge in [0.2, 0.25) is 0 Å². The highest BCUT2D eigenvalue weighted by Crippen LogP contribution is 2.27. The zero-order valence-electron chi connectivity index (χ0n) is 9.21. The topological polar surface area (TPSA) is 41.5 Å². The predicted molar refractivity (Wildman–Crippen MR) is 60.4 cm³/mol. The van der Waals surface area contributed by atoms with Crippen LogP contribution < -0.4 is 10.1 Å². The van der Waals surface area contributed by atoms with Crippen molar-refractivity contribution in [2.75, 3.05) is 18.5 Å². The van der Waals surface area contributed by atoms with E-state index in [1.807, 2.05) is 12.1 Å². The normalized spacial score (nSPS) is 14.6. The Hall–Kier alpha value is -1.22. The molecule has 0 spiro atoms. The molecule has 0 atom stereocenters. The Bertz CT molecular complexity index is 355. The van der Waals surface area contributed by atoms with Crippen LogP contribution in [0.3, 0.4) is 0 Å². The highest BCUT2D eigenvalue weighted by atomic mass is 16.5. The maximum absolute atomic E-state index is 9.53. The number of aliphatic hydroxyl groups is 1. The molecule has 3 nitrogen and oxygen atoms in total. The fourth-order valence-corrected chi connectivity index (χ4v) is 1.62. The first-order valence-corrected chi connectivity index (χ1v) is 5.27. The molecular formula is C12H17NO2. The second-order valence-electron chi connectivity index (χ2n) is 4.60. The summed E-state index contributed by atoms with van der Waals surface area (Å²) in [5, 5.41) is 12.8. The van der Waals surface area contributed by atoms with E-state index in [0.29, 0.717) is 6.61 Å². The lowest BCUT2D eigenvalue weighted by molar-refractivity contribution is 0.0285. The molecule has 0 aliphatic carbocycles. The maximum atomic E-state index is 9.53. The minimum absolute atomic E-state index is 0.311. The van der Waals surface area contributed by atoms with E-state index in [-0.39, 0.29) is 0 Å². The minimum atomic E-state index is -0.785. The van der Waals surface area contributed by atoms with Crippen LogP contribution in [-0.4, -0.2) is 23.9 Å². The Balaban J connectivity index is 2.04. The Morgan fingerprint density at radius 3 is 3.00 bits per heavy atom. The number of nitrogens with one attached hydrogen (secondary N) is 1. The lowest BCUT2D eigenvalue weighted by Gasteiger charge is -2.18.